The molecule has 1 amide bonds. The number of amides is 1. The van der Waals surface area contributed by atoms with Gasteiger partial charge < -0.3 is 10.6 Å². The largest absolute Gasteiger partial charge is 0.368 e. The zero-order chi connectivity index (χ0) is 12.9. The number of rotatable bonds is 4. The number of hydrogen-bond donors (Lipinski definition) is 2. The second kappa shape index (κ2) is 5.61. The Bertz CT molecular complexity index is 388. The van der Waals surface area contributed by atoms with Gasteiger partial charge in [0.25, 0.3) is 0 Å². The molecule has 1 aromatic heterocycles. The first kappa shape index (κ1) is 13.4. The van der Waals surface area contributed by atoms with Crippen LogP contribution in [0.5, 0.6) is 0 Å². The molecular formula is C12H18FN3O. The van der Waals surface area contributed by atoms with Gasteiger partial charge in [0, 0.05) is 18.5 Å². The van der Waals surface area contributed by atoms with Gasteiger partial charge in [-0.3, -0.25) is 4.79 Å². The lowest BCUT2D eigenvalue weighted by molar-refractivity contribution is -0.128. The molecule has 0 radical (unpaired) electrons. The number of pyridine rings is 1. The molecule has 0 aliphatic rings. The van der Waals surface area contributed by atoms with Crippen LogP contribution in [-0.2, 0) is 4.79 Å². The fourth-order valence-corrected chi connectivity index (χ4v) is 1.14. The van der Waals surface area contributed by atoms with Crippen LogP contribution in [0.4, 0.5) is 10.2 Å². The number of carbonyl (C=O) groups excluding carboxylic acids is 1. The van der Waals surface area contributed by atoms with E-state index >= 15 is 0 Å². The van der Waals surface area contributed by atoms with Gasteiger partial charge in [-0.2, -0.15) is 4.39 Å². The van der Waals surface area contributed by atoms with E-state index in [2.05, 4.69) is 15.6 Å². The lowest BCUT2D eigenvalue weighted by Crippen LogP contribution is -2.37. The summed E-state index contributed by atoms with van der Waals surface area (Å²) in [4.78, 5) is 15.2. The number of aromatic nitrogens is 1. The first-order chi connectivity index (χ1) is 7.89. The molecule has 17 heavy (non-hydrogen) atoms. The lowest BCUT2D eigenvalue weighted by Gasteiger charge is -2.17. The first-order valence-electron chi connectivity index (χ1n) is 5.54. The maximum atomic E-state index is 12.7. The number of carbonyl (C=O) groups is 1. The molecule has 2 N–H and O–H groups in total. The maximum absolute atomic E-state index is 12.7. The molecule has 0 aromatic carbocycles. The molecule has 94 valence electrons. The maximum Gasteiger partial charge on any atom is 0.225 e. The minimum Gasteiger partial charge on any atom is -0.368 e. The highest BCUT2D eigenvalue weighted by atomic mass is 19.1. The van der Waals surface area contributed by atoms with Crippen molar-refractivity contribution in [2.45, 2.75) is 20.8 Å². The van der Waals surface area contributed by atoms with Gasteiger partial charge in [-0.05, 0) is 12.1 Å². The van der Waals surface area contributed by atoms with E-state index in [4.69, 9.17) is 0 Å². The minimum absolute atomic E-state index is 0.00787. The molecular weight excluding hydrogens is 221 g/mol. The summed E-state index contributed by atoms with van der Waals surface area (Å²) in [6, 6.07) is 4.54. The van der Waals surface area contributed by atoms with Gasteiger partial charge in [-0.25, -0.2) is 4.98 Å². The van der Waals surface area contributed by atoms with Crippen LogP contribution in [0.15, 0.2) is 18.2 Å². The van der Waals surface area contributed by atoms with E-state index in [1.165, 1.54) is 6.07 Å². The Kier molecular flexibility index (Phi) is 4.43. The predicted molar refractivity (Wildman–Crippen MR) is 65.1 cm³/mol. The van der Waals surface area contributed by atoms with Crippen molar-refractivity contribution in [2.24, 2.45) is 5.41 Å². The summed E-state index contributed by atoms with van der Waals surface area (Å²) >= 11 is 0. The van der Waals surface area contributed by atoms with Crippen molar-refractivity contribution in [2.75, 3.05) is 18.4 Å². The quantitative estimate of drug-likeness (QED) is 0.622. The van der Waals surface area contributed by atoms with Gasteiger partial charge in [0.15, 0.2) is 0 Å². The van der Waals surface area contributed by atoms with Crippen molar-refractivity contribution in [3.63, 3.8) is 0 Å². The van der Waals surface area contributed by atoms with E-state index in [-0.39, 0.29) is 5.91 Å². The average Bonchev–Trinajstić information content (AvgIpc) is 2.23. The molecule has 0 bridgehead atoms. The van der Waals surface area contributed by atoms with Crippen molar-refractivity contribution in [3.05, 3.63) is 24.1 Å². The minimum atomic E-state index is -0.520. The van der Waals surface area contributed by atoms with E-state index in [9.17, 15) is 9.18 Å². The van der Waals surface area contributed by atoms with Crippen molar-refractivity contribution < 1.29 is 9.18 Å². The number of anilines is 1. The summed E-state index contributed by atoms with van der Waals surface area (Å²) in [6.07, 6.45) is 0. The van der Waals surface area contributed by atoms with Gasteiger partial charge >= 0.3 is 0 Å². The van der Waals surface area contributed by atoms with Crippen LogP contribution in [0, 0.1) is 11.4 Å². The molecule has 1 heterocycles. The van der Waals surface area contributed by atoms with E-state index in [1.807, 2.05) is 20.8 Å². The molecule has 0 atom stereocenters. The Morgan fingerprint density at radius 2 is 2.06 bits per heavy atom. The Hall–Kier alpha value is -1.65. The molecule has 4 nitrogen and oxygen atoms in total. The molecule has 0 saturated carbocycles. The fraction of sp³-hybridized carbons (Fsp3) is 0.500. The third-order valence-corrected chi connectivity index (χ3v) is 2.11. The number of nitrogens with one attached hydrogen (secondary N) is 2. The van der Waals surface area contributed by atoms with Crippen molar-refractivity contribution in [3.8, 4) is 0 Å². The summed E-state index contributed by atoms with van der Waals surface area (Å²) < 4.78 is 12.7. The molecule has 5 heteroatoms. The van der Waals surface area contributed by atoms with Gasteiger partial charge in [0.05, 0.1) is 0 Å². The molecule has 0 saturated heterocycles. The number of hydrogen-bond acceptors (Lipinski definition) is 3. The van der Waals surface area contributed by atoms with Crippen LogP contribution in [0.1, 0.15) is 20.8 Å². The summed E-state index contributed by atoms with van der Waals surface area (Å²) in [7, 11) is 0. The summed E-state index contributed by atoms with van der Waals surface area (Å²) in [5, 5.41) is 5.71. The Balaban J connectivity index is 2.28. The van der Waals surface area contributed by atoms with E-state index in [0.717, 1.165) is 0 Å². The first-order valence-corrected chi connectivity index (χ1v) is 5.54. The van der Waals surface area contributed by atoms with Crippen LogP contribution < -0.4 is 10.6 Å². The van der Waals surface area contributed by atoms with Crippen molar-refractivity contribution >= 4 is 11.7 Å². The average molecular weight is 239 g/mol. The van der Waals surface area contributed by atoms with Crippen molar-refractivity contribution in [1.82, 2.24) is 10.3 Å². The normalized spacial score (nSPS) is 11.1. The molecule has 0 spiro atoms. The molecule has 0 aliphatic heterocycles. The second-order valence-electron chi connectivity index (χ2n) is 4.78. The Morgan fingerprint density at radius 1 is 1.35 bits per heavy atom. The van der Waals surface area contributed by atoms with Crippen LogP contribution >= 0.6 is 0 Å². The Morgan fingerprint density at radius 3 is 2.65 bits per heavy atom. The molecule has 0 fully saturated rings. The highest BCUT2D eigenvalue weighted by Gasteiger charge is 2.20. The summed E-state index contributed by atoms with van der Waals surface area (Å²) in [5.41, 5.74) is -0.392. The van der Waals surface area contributed by atoms with E-state index in [1.54, 1.807) is 12.1 Å². The number of nitrogens with zero attached hydrogens (tertiary/aromatic N) is 1. The van der Waals surface area contributed by atoms with Crippen LogP contribution in [-0.4, -0.2) is 24.0 Å². The zero-order valence-electron chi connectivity index (χ0n) is 10.4. The molecule has 1 rings (SSSR count). The van der Waals surface area contributed by atoms with Gasteiger partial charge in [0.2, 0.25) is 11.9 Å². The highest BCUT2D eigenvalue weighted by Crippen LogP contribution is 2.11. The highest BCUT2D eigenvalue weighted by molar-refractivity contribution is 5.81. The predicted octanol–water partition coefficient (Wildman–Crippen LogP) is 1.79. The molecule has 0 aliphatic carbocycles. The summed E-state index contributed by atoms with van der Waals surface area (Å²) in [5.74, 6) is -0.0600. The number of halogens is 1. The van der Waals surface area contributed by atoms with E-state index in [0.29, 0.717) is 18.9 Å². The second-order valence-corrected chi connectivity index (χ2v) is 4.78. The topological polar surface area (TPSA) is 54.0 Å². The van der Waals surface area contributed by atoms with Gasteiger partial charge in [-0.1, -0.05) is 26.8 Å². The third-order valence-electron chi connectivity index (χ3n) is 2.11. The smallest absolute Gasteiger partial charge is 0.225 e. The summed E-state index contributed by atoms with van der Waals surface area (Å²) in [6.45, 7) is 6.55. The van der Waals surface area contributed by atoms with Crippen molar-refractivity contribution in [1.29, 1.82) is 0 Å². The fourth-order valence-electron chi connectivity index (χ4n) is 1.14. The third kappa shape index (κ3) is 4.80. The van der Waals surface area contributed by atoms with Crippen LogP contribution in [0.3, 0.4) is 0 Å². The molecule has 0 unspecified atom stereocenters. The zero-order valence-corrected chi connectivity index (χ0v) is 10.4. The van der Waals surface area contributed by atoms with Gasteiger partial charge in [0.1, 0.15) is 5.82 Å². The van der Waals surface area contributed by atoms with Gasteiger partial charge in [-0.15, -0.1) is 0 Å². The van der Waals surface area contributed by atoms with E-state index < -0.39 is 11.4 Å². The SMILES string of the molecule is CC(C)(C)C(=O)NCCNc1cccc(F)n1. The van der Waals surface area contributed by atoms with Crippen LogP contribution in [0.2, 0.25) is 0 Å². The molecule has 1 aromatic rings. The Labute approximate surface area is 101 Å². The lowest BCUT2D eigenvalue weighted by atomic mass is 9.96. The standard InChI is InChI=1S/C12H18FN3O/c1-12(2,3)11(17)15-8-7-14-10-6-4-5-9(13)16-10/h4-6H,7-8H2,1-3H3,(H,14,16)(H,15,17). The monoisotopic (exact) mass is 239 g/mol. The van der Waals surface area contributed by atoms with Crippen LogP contribution in [0.25, 0.3) is 0 Å².